The molecule has 0 saturated carbocycles. The van der Waals surface area contributed by atoms with Crippen molar-refractivity contribution in [1.82, 2.24) is 0 Å². The molecule has 1 heterocycles. The van der Waals surface area contributed by atoms with E-state index in [1.807, 2.05) is 11.4 Å². The summed E-state index contributed by atoms with van der Waals surface area (Å²) in [6.45, 7) is 0.285. The SMILES string of the molecule is NCC(O)c1cc(Br)cs1. The second kappa shape index (κ2) is 3.48. The van der Waals surface area contributed by atoms with E-state index >= 15 is 0 Å². The Labute approximate surface area is 71.8 Å². The maximum absolute atomic E-state index is 9.21. The fourth-order valence-corrected chi connectivity index (χ4v) is 2.06. The van der Waals surface area contributed by atoms with Crippen LogP contribution in [0.25, 0.3) is 0 Å². The molecular weight excluding hydrogens is 214 g/mol. The average molecular weight is 222 g/mol. The summed E-state index contributed by atoms with van der Waals surface area (Å²) in [7, 11) is 0. The Morgan fingerprint density at radius 2 is 2.50 bits per heavy atom. The number of rotatable bonds is 2. The van der Waals surface area contributed by atoms with Crippen LogP contribution in [0.1, 0.15) is 11.0 Å². The summed E-state index contributed by atoms with van der Waals surface area (Å²) in [4.78, 5) is 0.911. The number of nitrogens with two attached hydrogens (primary N) is 1. The van der Waals surface area contributed by atoms with Crippen LogP contribution >= 0.6 is 27.3 Å². The van der Waals surface area contributed by atoms with Crippen molar-refractivity contribution < 1.29 is 5.11 Å². The first kappa shape index (κ1) is 8.20. The Kier molecular flexibility index (Phi) is 2.85. The summed E-state index contributed by atoms with van der Waals surface area (Å²) in [6, 6.07) is 1.88. The van der Waals surface area contributed by atoms with Crippen molar-refractivity contribution in [3.05, 3.63) is 20.8 Å². The van der Waals surface area contributed by atoms with E-state index in [0.717, 1.165) is 9.35 Å². The Hall–Kier alpha value is 0.1000. The number of aliphatic hydroxyl groups is 1. The van der Waals surface area contributed by atoms with Crippen LogP contribution in [0.15, 0.2) is 15.9 Å². The van der Waals surface area contributed by atoms with Crippen LogP contribution in [0.2, 0.25) is 0 Å². The molecule has 0 radical (unpaired) electrons. The molecule has 0 aromatic carbocycles. The van der Waals surface area contributed by atoms with Crippen LogP contribution in [0.5, 0.6) is 0 Å². The topological polar surface area (TPSA) is 46.2 Å². The van der Waals surface area contributed by atoms with Crippen molar-refractivity contribution in [3.8, 4) is 0 Å². The fraction of sp³-hybridized carbons (Fsp3) is 0.333. The first-order valence-corrected chi connectivity index (χ1v) is 4.53. The largest absolute Gasteiger partial charge is 0.386 e. The highest BCUT2D eigenvalue weighted by Crippen LogP contribution is 2.24. The minimum absolute atomic E-state index is 0.285. The van der Waals surface area contributed by atoms with E-state index in [1.54, 1.807) is 0 Å². The second-order valence-corrected chi connectivity index (χ2v) is 3.78. The molecule has 1 aromatic heterocycles. The molecule has 3 N–H and O–H groups in total. The van der Waals surface area contributed by atoms with E-state index in [9.17, 15) is 5.11 Å². The van der Waals surface area contributed by atoms with Gasteiger partial charge in [-0.2, -0.15) is 0 Å². The summed E-state index contributed by atoms with van der Waals surface area (Å²) < 4.78 is 1.00. The molecule has 0 fully saturated rings. The summed E-state index contributed by atoms with van der Waals surface area (Å²) in [5.41, 5.74) is 5.25. The molecule has 1 rings (SSSR count). The van der Waals surface area contributed by atoms with Crippen molar-refractivity contribution >= 4 is 27.3 Å². The molecule has 0 amide bonds. The van der Waals surface area contributed by atoms with Gasteiger partial charge >= 0.3 is 0 Å². The van der Waals surface area contributed by atoms with Gasteiger partial charge in [0.2, 0.25) is 0 Å². The van der Waals surface area contributed by atoms with Gasteiger partial charge in [0, 0.05) is 21.3 Å². The third-order valence-corrected chi connectivity index (χ3v) is 2.93. The highest BCUT2D eigenvalue weighted by Gasteiger charge is 2.06. The molecule has 0 aliphatic rings. The minimum Gasteiger partial charge on any atom is -0.386 e. The number of hydrogen-bond acceptors (Lipinski definition) is 3. The Morgan fingerprint density at radius 3 is 2.90 bits per heavy atom. The monoisotopic (exact) mass is 221 g/mol. The van der Waals surface area contributed by atoms with E-state index in [2.05, 4.69) is 15.9 Å². The molecule has 0 aliphatic heterocycles. The lowest BCUT2D eigenvalue weighted by molar-refractivity contribution is 0.190. The van der Waals surface area contributed by atoms with Gasteiger partial charge < -0.3 is 10.8 Å². The number of thiophene rings is 1. The minimum atomic E-state index is -0.503. The van der Waals surface area contributed by atoms with E-state index in [-0.39, 0.29) is 6.54 Å². The van der Waals surface area contributed by atoms with Gasteiger partial charge in [-0.3, -0.25) is 0 Å². The summed E-state index contributed by atoms with van der Waals surface area (Å²) in [5.74, 6) is 0. The van der Waals surface area contributed by atoms with Crippen LogP contribution in [-0.2, 0) is 0 Å². The molecule has 56 valence electrons. The zero-order valence-electron chi connectivity index (χ0n) is 5.25. The van der Waals surface area contributed by atoms with Crippen LogP contribution in [0.3, 0.4) is 0 Å². The molecule has 1 aromatic rings. The van der Waals surface area contributed by atoms with E-state index < -0.39 is 6.10 Å². The van der Waals surface area contributed by atoms with Gasteiger partial charge in [-0.25, -0.2) is 0 Å². The van der Waals surface area contributed by atoms with Gasteiger partial charge in [0.15, 0.2) is 0 Å². The van der Waals surface area contributed by atoms with Crippen LogP contribution in [0, 0.1) is 0 Å². The van der Waals surface area contributed by atoms with Gasteiger partial charge in [0.05, 0.1) is 0 Å². The molecular formula is C6H8BrNOS. The fourth-order valence-electron chi connectivity index (χ4n) is 0.619. The first-order chi connectivity index (χ1) is 4.74. The summed E-state index contributed by atoms with van der Waals surface area (Å²) in [6.07, 6.45) is -0.503. The van der Waals surface area contributed by atoms with Crippen molar-refractivity contribution in [3.63, 3.8) is 0 Å². The standard InChI is InChI=1S/C6H8BrNOS/c7-4-1-6(10-3-4)5(9)2-8/h1,3,5,9H,2,8H2. The van der Waals surface area contributed by atoms with Crippen molar-refractivity contribution in [2.45, 2.75) is 6.10 Å². The van der Waals surface area contributed by atoms with Gasteiger partial charge in [0.25, 0.3) is 0 Å². The second-order valence-electron chi connectivity index (χ2n) is 1.92. The van der Waals surface area contributed by atoms with E-state index in [0.29, 0.717) is 0 Å². The number of aliphatic hydroxyl groups excluding tert-OH is 1. The predicted octanol–water partition coefficient (Wildman–Crippen LogP) is 1.50. The third kappa shape index (κ3) is 1.79. The highest BCUT2D eigenvalue weighted by atomic mass is 79.9. The molecule has 4 heteroatoms. The number of hydrogen-bond donors (Lipinski definition) is 2. The summed E-state index contributed by atoms with van der Waals surface area (Å²) in [5, 5.41) is 11.1. The Balaban J connectivity index is 2.74. The first-order valence-electron chi connectivity index (χ1n) is 2.86. The maximum atomic E-state index is 9.21. The lowest BCUT2D eigenvalue weighted by atomic mass is 10.3. The van der Waals surface area contributed by atoms with Crippen LogP contribution < -0.4 is 5.73 Å². The highest BCUT2D eigenvalue weighted by molar-refractivity contribution is 9.10. The van der Waals surface area contributed by atoms with Crippen molar-refractivity contribution in [2.75, 3.05) is 6.54 Å². The lowest BCUT2D eigenvalue weighted by Crippen LogP contribution is -2.09. The van der Waals surface area contributed by atoms with Gasteiger partial charge in [-0.1, -0.05) is 0 Å². The van der Waals surface area contributed by atoms with Gasteiger partial charge in [-0.15, -0.1) is 11.3 Å². The molecule has 1 unspecified atom stereocenters. The predicted molar refractivity (Wildman–Crippen MR) is 46.0 cm³/mol. The average Bonchev–Trinajstić information content (AvgIpc) is 2.34. The molecule has 0 spiro atoms. The molecule has 10 heavy (non-hydrogen) atoms. The van der Waals surface area contributed by atoms with E-state index in [1.165, 1.54) is 11.3 Å². The van der Waals surface area contributed by atoms with Crippen LogP contribution in [-0.4, -0.2) is 11.7 Å². The van der Waals surface area contributed by atoms with E-state index in [4.69, 9.17) is 5.73 Å². The Morgan fingerprint density at radius 1 is 1.80 bits per heavy atom. The van der Waals surface area contributed by atoms with Gasteiger partial charge in [0.1, 0.15) is 6.10 Å². The van der Waals surface area contributed by atoms with Crippen molar-refractivity contribution in [1.29, 1.82) is 0 Å². The molecule has 0 aliphatic carbocycles. The lowest BCUT2D eigenvalue weighted by Gasteiger charge is -2.01. The van der Waals surface area contributed by atoms with Crippen LogP contribution in [0.4, 0.5) is 0 Å². The number of halogens is 1. The summed E-state index contributed by atoms with van der Waals surface area (Å²) >= 11 is 4.79. The Bertz CT molecular complexity index is 213. The molecule has 1 atom stereocenters. The smallest absolute Gasteiger partial charge is 0.100 e. The molecule has 0 saturated heterocycles. The normalized spacial score (nSPS) is 13.5. The quantitative estimate of drug-likeness (QED) is 0.796. The maximum Gasteiger partial charge on any atom is 0.100 e. The molecule has 0 bridgehead atoms. The zero-order chi connectivity index (χ0) is 7.56. The molecule has 2 nitrogen and oxygen atoms in total. The van der Waals surface area contributed by atoms with Gasteiger partial charge in [-0.05, 0) is 22.0 Å². The third-order valence-electron chi connectivity index (χ3n) is 1.14. The zero-order valence-corrected chi connectivity index (χ0v) is 7.65. The van der Waals surface area contributed by atoms with Crippen molar-refractivity contribution in [2.24, 2.45) is 5.73 Å².